The quantitative estimate of drug-likeness (QED) is 0.611. The van der Waals surface area contributed by atoms with Crippen molar-refractivity contribution < 1.29 is 14.3 Å². The third-order valence-corrected chi connectivity index (χ3v) is 5.01. The highest BCUT2D eigenvalue weighted by molar-refractivity contribution is 7.09. The third-order valence-electron chi connectivity index (χ3n) is 4.24. The third kappa shape index (κ3) is 4.61. The Morgan fingerprint density at radius 2 is 1.86 bits per heavy atom. The molecule has 0 aliphatic heterocycles. The van der Waals surface area contributed by atoms with Gasteiger partial charge < -0.3 is 20.1 Å². The molecule has 3 aromatic rings. The van der Waals surface area contributed by atoms with Crippen LogP contribution in [0.5, 0.6) is 11.5 Å². The molecular weight excluding hydrogens is 374 g/mol. The molecule has 1 heterocycles. The van der Waals surface area contributed by atoms with Crippen LogP contribution in [0.25, 0.3) is 11.3 Å². The fraction of sp³-hybridized carbons (Fsp3) is 0.238. The highest BCUT2D eigenvalue weighted by Crippen LogP contribution is 2.29. The molecule has 0 aliphatic rings. The van der Waals surface area contributed by atoms with Gasteiger partial charge in [-0.1, -0.05) is 12.1 Å². The molecule has 1 unspecified atom stereocenters. The standard InChI is InChI=1S/C21H23N3O3S/c1-13(21(25)24-18-11-17(26-3)9-10-20(18)27-4)22-16-7-5-15(6-8-16)19-12-28-14(2)23-19/h5-13,22H,1-4H3,(H,24,25). The van der Waals surface area contributed by atoms with Crippen molar-refractivity contribution in [2.24, 2.45) is 0 Å². The summed E-state index contributed by atoms with van der Waals surface area (Å²) >= 11 is 1.63. The number of rotatable bonds is 7. The normalized spacial score (nSPS) is 11.6. The van der Waals surface area contributed by atoms with Crippen molar-refractivity contribution in [1.29, 1.82) is 0 Å². The Morgan fingerprint density at radius 1 is 1.11 bits per heavy atom. The zero-order chi connectivity index (χ0) is 20.1. The monoisotopic (exact) mass is 397 g/mol. The second-order valence-electron chi connectivity index (χ2n) is 6.25. The van der Waals surface area contributed by atoms with Crippen LogP contribution in [-0.2, 0) is 4.79 Å². The first-order valence-corrected chi connectivity index (χ1v) is 9.70. The van der Waals surface area contributed by atoms with Crippen LogP contribution in [0, 0.1) is 6.92 Å². The van der Waals surface area contributed by atoms with E-state index in [-0.39, 0.29) is 5.91 Å². The average Bonchev–Trinajstić information content (AvgIpc) is 3.14. The Morgan fingerprint density at radius 3 is 2.46 bits per heavy atom. The summed E-state index contributed by atoms with van der Waals surface area (Å²) in [6.07, 6.45) is 0. The van der Waals surface area contributed by atoms with E-state index in [9.17, 15) is 4.79 Å². The Labute approximate surface area is 168 Å². The Kier molecular flexibility index (Phi) is 6.16. The predicted molar refractivity (Wildman–Crippen MR) is 114 cm³/mol. The number of carbonyl (C=O) groups is 1. The lowest BCUT2D eigenvalue weighted by Crippen LogP contribution is -2.32. The van der Waals surface area contributed by atoms with E-state index in [2.05, 4.69) is 15.6 Å². The van der Waals surface area contributed by atoms with E-state index in [1.54, 1.807) is 50.7 Å². The van der Waals surface area contributed by atoms with Crippen molar-refractivity contribution >= 4 is 28.6 Å². The van der Waals surface area contributed by atoms with Gasteiger partial charge in [-0.3, -0.25) is 4.79 Å². The SMILES string of the molecule is COc1ccc(OC)c(NC(=O)C(C)Nc2ccc(-c3csc(C)n3)cc2)c1. The molecule has 0 spiro atoms. The van der Waals surface area contributed by atoms with Crippen LogP contribution in [0.1, 0.15) is 11.9 Å². The molecule has 0 saturated heterocycles. The number of hydrogen-bond acceptors (Lipinski definition) is 6. The largest absolute Gasteiger partial charge is 0.497 e. The van der Waals surface area contributed by atoms with Crippen molar-refractivity contribution in [3.8, 4) is 22.8 Å². The molecule has 0 saturated carbocycles. The van der Waals surface area contributed by atoms with E-state index >= 15 is 0 Å². The molecule has 6 nitrogen and oxygen atoms in total. The molecule has 2 N–H and O–H groups in total. The summed E-state index contributed by atoms with van der Waals surface area (Å²) in [7, 11) is 3.14. The minimum absolute atomic E-state index is 0.175. The van der Waals surface area contributed by atoms with Gasteiger partial charge >= 0.3 is 0 Å². The molecule has 1 amide bonds. The van der Waals surface area contributed by atoms with Gasteiger partial charge in [0.1, 0.15) is 17.5 Å². The summed E-state index contributed by atoms with van der Waals surface area (Å²) in [5.41, 5.74) is 3.43. The van der Waals surface area contributed by atoms with Gasteiger partial charge in [-0.15, -0.1) is 11.3 Å². The highest BCUT2D eigenvalue weighted by Gasteiger charge is 2.16. The maximum absolute atomic E-state index is 12.6. The van der Waals surface area contributed by atoms with Crippen LogP contribution in [0.4, 0.5) is 11.4 Å². The number of nitrogens with one attached hydrogen (secondary N) is 2. The van der Waals surface area contributed by atoms with Crippen LogP contribution >= 0.6 is 11.3 Å². The Hall–Kier alpha value is -3.06. The van der Waals surface area contributed by atoms with Crippen LogP contribution in [0.15, 0.2) is 47.8 Å². The van der Waals surface area contributed by atoms with E-state index in [4.69, 9.17) is 9.47 Å². The van der Waals surface area contributed by atoms with Gasteiger partial charge in [0.05, 0.1) is 30.6 Å². The number of aryl methyl sites for hydroxylation is 1. The predicted octanol–water partition coefficient (Wildman–Crippen LogP) is 4.57. The van der Waals surface area contributed by atoms with E-state index in [0.29, 0.717) is 17.2 Å². The molecule has 3 rings (SSSR count). The van der Waals surface area contributed by atoms with Crippen molar-refractivity contribution in [1.82, 2.24) is 4.98 Å². The van der Waals surface area contributed by atoms with Gasteiger partial charge in [0.2, 0.25) is 5.91 Å². The number of anilines is 2. The molecule has 7 heteroatoms. The van der Waals surface area contributed by atoms with Gasteiger partial charge in [0, 0.05) is 22.7 Å². The highest BCUT2D eigenvalue weighted by atomic mass is 32.1. The molecule has 0 bridgehead atoms. The van der Waals surface area contributed by atoms with Crippen molar-refractivity contribution in [3.05, 3.63) is 52.9 Å². The lowest BCUT2D eigenvalue weighted by Gasteiger charge is -2.17. The fourth-order valence-electron chi connectivity index (χ4n) is 2.70. The van der Waals surface area contributed by atoms with E-state index < -0.39 is 6.04 Å². The molecular formula is C21H23N3O3S. The van der Waals surface area contributed by atoms with Crippen molar-refractivity contribution in [3.63, 3.8) is 0 Å². The number of aromatic nitrogens is 1. The summed E-state index contributed by atoms with van der Waals surface area (Å²) < 4.78 is 10.5. The topological polar surface area (TPSA) is 72.5 Å². The number of carbonyl (C=O) groups excluding carboxylic acids is 1. The molecule has 146 valence electrons. The molecule has 28 heavy (non-hydrogen) atoms. The van der Waals surface area contributed by atoms with E-state index in [1.807, 2.05) is 36.6 Å². The minimum Gasteiger partial charge on any atom is -0.497 e. The number of amides is 1. The van der Waals surface area contributed by atoms with Gasteiger partial charge in [0.15, 0.2) is 0 Å². The Bertz CT molecular complexity index is 954. The Balaban J connectivity index is 1.66. The van der Waals surface area contributed by atoms with E-state index in [0.717, 1.165) is 22.0 Å². The fourth-order valence-corrected chi connectivity index (χ4v) is 3.32. The molecule has 0 radical (unpaired) electrons. The van der Waals surface area contributed by atoms with Crippen molar-refractivity contribution in [2.75, 3.05) is 24.9 Å². The number of nitrogens with zero attached hydrogens (tertiary/aromatic N) is 1. The minimum atomic E-state index is -0.441. The number of methoxy groups -OCH3 is 2. The summed E-state index contributed by atoms with van der Waals surface area (Å²) in [5.74, 6) is 1.04. The maximum atomic E-state index is 12.6. The molecule has 0 fully saturated rings. The number of hydrogen-bond donors (Lipinski definition) is 2. The van der Waals surface area contributed by atoms with Crippen LogP contribution in [0.2, 0.25) is 0 Å². The number of benzene rings is 2. The van der Waals surface area contributed by atoms with Crippen LogP contribution in [-0.4, -0.2) is 31.2 Å². The summed E-state index contributed by atoms with van der Waals surface area (Å²) in [6, 6.07) is 12.7. The number of thiazole rings is 1. The summed E-state index contributed by atoms with van der Waals surface area (Å²) in [4.78, 5) is 17.1. The summed E-state index contributed by atoms with van der Waals surface area (Å²) in [6.45, 7) is 3.79. The van der Waals surface area contributed by atoms with Gasteiger partial charge in [0.25, 0.3) is 0 Å². The summed E-state index contributed by atoms with van der Waals surface area (Å²) in [5, 5.41) is 9.17. The lowest BCUT2D eigenvalue weighted by molar-refractivity contribution is -0.116. The van der Waals surface area contributed by atoms with Gasteiger partial charge in [-0.2, -0.15) is 0 Å². The second kappa shape index (κ2) is 8.75. The zero-order valence-corrected chi connectivity index (χ0v) is 17.1. The zero-order valence-electron chi connectivity index (χ0n) is 16.3. The van der Waals surface area contributed by atoms with Crippen LogP contribution < -0.4 is 20.1 Å². The lowest BCUT2D eigenvalue weighted by atomic mass is 10.1. The number of ether oxygens (including phenoxy) is 2. The smallest absolute Gasteiger partial charge is 0.246 e. The average molecular weight is 398 g/mol. The van der Waals surface area contributed by atoms with Crippen molar-refractivity contribution in [2.45, 2.75) is 19.9 Å². The second-order valence-corrected chi connectivity index (χ2v) is 7.31. The van der Waals surface area contributed by atoms with Crippen LogP contribution in [0.3, 0.4) is 0 Å². The molecule has 1 atom stereocenters. The first-order chi connectivity index (χ1) is 13.5. The molecule has 2 aromatic carbocycles. The first kappa shape index (κ1) is 19.7. The van der Waals surface area contributed by atoms with Gasteiger partial charge in [-0.05, 0) is 38.1 Å². The first-order valence-electron chi connectivity index (χ1n) is 8.82. The van der Waals surface area contributed by atoms with Gasteiger partial charge in [-0.25, -0.2) is 4.98 Å². The molecule has 1 aromatic heterocycles. The maximum Gasteiger partial charge on any atom is 0.246 e. The molecule has 0 aliphatic carbocycles. The van der Waals surface area contributed by atoms with E-state index in [1.165, 1.54) is 0 Å².